The molecule has 0 heterocycles. The number of carbonyl (C=O) groups is 1. The Morgan fingerprint density at radius 2 is 2.31 bits per heavy atom. The highest BCUT2D eigenvalue weighted by Crippen LogP contribution is 2.11. The van der Waals surface area contributed by atoms with E-state index in [0.29, 0.717) is 5.69 Å². The molecule has 0 spiro atoms. The van der Waals surface area contributed by atoms with E-state index < -0.39 is 17.3 Å². The molecule has 1 aromatic carbocycles. The van der Waals surface area contributed by atoms with Crippen LogP contribution in [0.1, 0.15) is 10.4 Å². The lowest BCUT2D eigenvalue weighted by molar-refractivity contribution is 0.0697. The van der Waals surface area contributed by atoms with Gasteiger partial charge in [-0.3, -0.25) is 0 Å². The van der Waals surface area contributed by atoms with E-state index in [-0.39, 0.29) is 5.56 Å². The lowest BCUT2D eigenvalue weighted by Crippen LogP contribution is -2.10. The van der Waals surface area contributed by atoms with Gasteiger partial charge in [-0.25, -0.2) is 9.52 Å². The largest absolute Gasteiger partial charge is 0.593 e. The van der Waals surface area contributed by atoms with Crippen LogP contribution < -0.4 is 4.72 Å². The van der Waals surface area contributed by atoms with Crippen LogP contribution in [0, 0.1) is 0 Å². The quantitative estimate of drug-likeness (QED) is 0.715. The summed E-state index contributed by atoms with van der Waals surface area (Å²) >= 11 is -1.18. The van der Waals surface area contributed by atoms with Gasteiger partial charge in [0, 0.05) is 0 Å². The third-order valence-corrected chi connectivity index (χ3v) is 1.89. The lowest BCUT2D eigenvalue weighted by Gasteiger charge is -2.06. The highest BCUT2D eigenvalue weighted by molar-refractivity contribution is 7.92. The SMILES string of the molecule is C[S+]([O-])Nc1cccc(C(=O)O)c1. The molecular formula is C8H9NO3S. The molecule has 13 heavy (non-hydrogen) atoms. The predicted octanol–water partition coefficient (Wildman–Crippen LogP) is 1.09. The van der Waals surface area contributed by atoms with Crippen molar-refractivity contribution in [2.75, 3.05) is 11.0 Å². The van der Waals surface area contributed by atoms with Crippen LogP contribution in [0.3, 0.4) is 0 Å². The maximum absolute atomic E-state index is 10.7. The topological polar surface area (TPSA) is 72.4 Å². The van der Waals surface area contributed by atoms with E-state index in [1.165, 1.54) is 18.4 Å². The van der Waals surface area contributed by atoms with Crippen molar-refractivity contribution in [1.29, 1.82) is 0 Å². The van der Waals surface area contributed by atoms with Crippen LogP contribution in [0.5, 0.6) is 0 Å². The van der Waals surface area contributed by atoms with E-state index in [9.17, 15) is 9.35 Å². The van der Waals surface area contributed by atoms with E-state index in [1.807, 2.05) is 0 Å². The first-order valence-electron chi connectivity index (χ1n) is 3.53. The Morgan fingerprint density at radius 3 is 2.85 bits per heavy atom. The predicted molar refractivity (Wildman–Crippen MR) is 51.1 cm³/mol. The van der Waals surface area contributed by atoms with Gasteiger partial charge in [0.05, 0.1) is 22.6 Å². The molecule has 0 amide bonds. The zero-order valence-corrected chi connectivity index (χ0v) is 7.80. The Kier molecular flexibility index (Phi) is 3.16. The molecule has 1 aromatic rings. The molecule has 70 valence electrons. The second-order valence-corrected chi connectivity index (χ2v) is 3.55. The summed E-state index contributed by atoms with van der Waals surface area (Å²) in [6.45, 7) is 0. The average Bonchev–Trinajstić information content (AvgIpc) is 2.03. The summed E-state index contributed by atoms with van der Waals surface area (Å²) in [6, 6.07) is 6.17. The number of carboxylic acids is 1. The number of hydrogen-bond donors (Lipinski definition) is 2. The molecule has 5 heteroatoms. The molecule has 0 bridgehead atoms. The van der Waals surface area contributed by atoms with Gasteiger partial charge in [0.1, 0.15) is 6.26 Å². The van der Waals surface area contributed by atoms with Crippen molar-refractivity contribution in [3.05, 3.63) is 29.8 Å². The van der Waals surface area contributed by atoms with Crippen molar-refractivity contribution in [2.45, 2.75) is 0 Å². The Bertz CT molecular complexity index is 314. The molecule has 0 aromatic heterocycles. The van der Waals surface area contributed by atoms with Gasteiger partial charge >= 0.3 is 5.97 Å². The van der Waals surface area contributed by atoms with Crippen molar-refractivity contribution < 1.29 is 14.5 Å². The molecule has 0 aliphatic heterocycles. The molecule has 0 radical (unpaired) electrons. The normalized spacial score (nSPS) is 12.2. The van der Waals surface area contributed by atoms with Crippen molar-refractivity contribution >= 4 is 23.0 Å². The molecule has 0 saturated heterocycles. The molecule has 0 saturated carbocycles. The van der Waals surface area contributed by atoms with E-state index in [2.05, 4.69) is 4.72 Å². The van der Waals surface area contributed by atoms with E-state index >= 15 is 0 Å². The summed E-state index contributed by atoms with van der Waals surface area (Å²) in [6.07, 6.45) is 1.48. The van der Waals surface area contributed by atoms with Gasteiger partial charge in [-0.2, -0.15) is 0 Å². The van der Waals surface area contributed by atoms with E-state index in [4.69, 9.17) is 5.11 Å². The fourth-order valence-electron chi connectivity index (χ4n) is 0.882. The van der Waals surface area contributed by atoms with Crippen molar-refractivity contribution in [3.63, 3.8) is 0 Å². The molecule has 0 aliphatic carbocycles. The maximum Gasteiger partial charge on any atom is 0.335 e. The fourth-order valence-corrected chi connectivity index (χ4v) is 1.34. The summed E-state index contributed by atoms with van der Waals surface area (Å²) in [7, 11) is 0. The van der Waals surface area contributed by atoms with Crippen LogP contribution in [0.15, 0.2) is 24.3 Å². The maximum atomic E-state index is 10.7. The summed E-state index contributed by atoms with van der Waals surface area (Å²) in [5.41, 5.74) is 0.719. The third kappa shape index (κ3) is 2.96. The average molecular weight is 199 g/mol. The second kappa shape index (κ2) is 4.15. The van der Waals surface area contributed by atoms with Gasteiger partial charge in [0.15, 0.2) is 0 Å². The molecule has 1 rings (SSSR count). The molecular weight excluding hydrogens is 190 g/mol. The number of hydrogen-bond acceptors (Lipinski definition) is 3. The fraction of sp³-hybridized carbons (Fsp3) is 0.125. The Balaban J connectivity index is 2.85. The first-order chi connectivity index (χ1) is 6.09. The van der Waals surface area contributed by atoms with Crippen LogP contribution >= 0.6 is 0 Å². The molecule has 2 N–H and O–H groups in total. The van der Waals surface area contributed by atoms with Crippen molar-refractivity contribution in [2.24, 2.45) is 0 Å². The minimum atomic E-state index is -1.18. The summed E-state index contributed by atoms with van der Waals surface area (Å²) in [5, 5.41) is 8.64. The van der Waals surface area contributed by atoms with Gasteiger partial charge in [-0.1, -0.05) is 6.07 Å². The zero-order chi connectivity index (χ0) is 9.84. The standard InChI is InChI=1S/C8H9NO3S/c1-13(12)9-7-4-2-3-6(5-7)8(10)11/h2-5,9H,1H3,(H,10,11). The lowest BCUT2D eigenvalue weighted by atomic mass is 10.2. The smallest absolute Gasteiger partial charge is 0.335 e. The molecule has 4 nitrogen and oxygen atoms in total. The Hall–Kier alpha value is -1.20. The van der Waals surface area contributed by atoms with Crippen LogP contribution in [0.25, 0.3) is 0 Å². The van der Waals surface area contributed by atoms with Crippen LogP contribution in [0.4, 0.5) is 5.69 Å². The molecule has 1 unspecified atom stereocenters. The first-order valence-corrected chi connectivity index (χ1v) is 5.09. The number of nitrogens with one attached hydrogen (secondary N) is 1. The Labute approximate surface area is 78.9 Å². The van der Waals surface area contributed by atoms with Crippen LogP contribution in [-0.2, 0) is 11.4 Å². The van der Waals surface area contributed by atoms with Crippen LogP contribution in [-0.4, -0.2) is 21.9 Å². The minimum absolute atomic E-state index is 0.176. The van der Waals surface area contributed by atoms with E-state index in [0.717, 1.165) is 0 Å². The van der Waals surface area contributed by atoms with Crippen molar-refractivity contribution in [3.8, 4) is 0 Å². The highest BCUT2D eigenvalue weighted by Gasteiger charge is 2.04. The van der Waals surface area contributed by atoms with Crippen molar-refractivity contribution in [1.82, 2.24) is 0 Å². The Morgan fingerprint density at radius 1 is 1.62 bits per heavy atom. The molecule has 0 aliphatic rings. The summed E-state index contributed by atoms with van der Waals surface area (Å²) < 4.78 is 13.4. The zero-order valence-electron chi connectivity index (χ0n) is 6.98. The first kappa shape index (κ1) is 9.88. The third-order valence-electron chi connectivity index (χ3n) is 1.37. The number of carboxylic acid groups (broad SMARTS) is 1. The van der Waals surface area contributed by atoms with Gasteiger partial charge in [0.25, 0.3) is 0 Å². The monoisotopic (exact) mass is 199 g/mol. The van der Waals surface area contributed by atoms with Gasteiger partial charge < -0.3 is 9.66 Å². The summed E-state index contributed by atoms with van der Waals surface area (Å²) in [4.78, 5) is 10.5. The minimum Gasteiger partial charge on any atom is -0.593 e. The van der Waals surface area contributed by atoms with Gasteiger partial charge in [-0.15, -0.1) is 0 Å². The van der Waals surface area contributed by atoms with Crippen LogP contribution in [0.2, 0.25) is 0 Å². The van der Waals surface area contributed by atoms with E-state index in [1.54, 1.807) is 12.1 Å². The van der Waals surface area contributed by atoms with Gasteiger partial charge in [0.2, 0.25) is 0 Å². The van der Waals surface area contributed by atoms with Gasteiger partial charge in [-0.05, 0) is 18.2 Å². The second-order valence-electron chi connectivity index (χ2n) is 2.44. The number of anilines is 1. The number of benzene rings is 1. The molecule has 1 atom stereocenters. The highest BCUT2D eigenvalue weighted by atomic mass is 32.2. The number of aromatic carboxylic acids is 1. The molecule has 0 fully saturated rings. The number of rotatable bonds is 3. The summed E-state index contributed by atoms with van der Waals surface area (Å²) in [5.74, 6) is -0.995.